The fourth-order valence-corrected chi connectivity index (χ4v) is 3.19. The second-order valence-electron chi connectivity index (χ2n) is 6.89. The first-order valence-corrected chi connectivity index (χ1v) is 9.89. The molecule has 0 atom stereocenters. The number of hydrogen-bond acceptors (Lipinski definition) is 4. The fourth-order valence-electron chi connectivity index (χ4n) is 2.92. The third-order valence-electron chi connectivity index (χ3n) is 4.44. The first-order valence-electron chi connectivity index (χ1n) is 9.51. The van der Waals surface area contributed by atoms with Gasteiger partial charge in [-0.1, -0.05) is 24.9 Å². The van der Waals surface area contributed by atoms with Crippen molar-refractivity contribution in [2.75, 3.05) is 33.9 Å². The molecule has 0 aliphatic rings. The molecule has 0 radical (unpaired) electrons. The number of H-pyrrole nitrogens is 1. The molecule has 1 aromatic carbocycles. The van der Waals surface area contributed by atoms with Crippen molar-refractivity contribution in [2.24, 2.45) is 0 Å². The number of aromatic amines is 1. The maximum absolute atomic E-state index is 13.5. The van der Waals surface area contributed by atoms with Crippen LogP contribution in [0.25, 0.3) is 11.3 Å². The number of halogens is 4. The van der Waals surface area contributed by atoms with E-state index in [-0.39, 0.29) is 12.4 Å². The molecule has 1 heterocycles. The van der Waals surface area contributed by atoms with Crippen LogP contribution in [0.1, 0.15) is 37.3 Å². The van der Waals surface area contributed by atoms with E-state index in [0.717, 1.165) is 31.0 Å². The van der Waals surface area contributed by atoms with Crippen LogP contribution in [0.3, 0.4) is 0 Å². The van der Waals surface area contributed by atoms with Gasteiger partial charge in [-0.05, 0) is 32.1 Å². The molecule has 2 rings (SSSR count). The van der Waals surface area contributed by atoms with Gasteiger partial charge in [-0.2, -0.15) is 18.3 Å². The highest BCUT2D eigenvalue weighted by molar-refractivity contribution is 6.33. The van der Waals surface area contributed by atoms with Crippen LogP contribution in [0, 0.1) is 0 Å². The maximum Gasteiger partial charge on any atom is 0.418 e. The van der Waals surface area contributed by atoms with Gasteiger partial charge in [0.1, 0.15) is 5.75 Å². The van der Waals surface area contributed by atoms with Crippen LogP contribution in [-0.4, -0.2) is 49.0 Å². The molecule has 0 bridgehead atoms. The van der Waals surface area contributed by atoms with Crippen LogP contribution in [0.15, 0.2) is 18.3 Å². The number of nitrogens with one attached hydrogen (secondary N) is 1. The predicted molar refractivity (Wildman–Crippen MR) is 107 cm³/mol. The number of hydrogen-bond donors (Lipinski definition) is 1. The molecule has 9 heteroatoms. The van der Waals surface area contributed by atoms with Crippen molar-refractivity contribution in [1.82, 2.24) is 15.1 Å². The van der Waals surface area contributed by atoms with E-state index in [9.17, 15) is 13.2 Å². The van der Waals surface area contributed by atoms with Gasteiger partial charge >= 0.3 is 6.18 Å². The average Bonchev–Trinajstić information content (AvgIpc) is 3.11. The summed E-state index contributed by atoms with van der Waals surface area (Å²) in [5.74, 6) is -0.00696. The number of benzene rings is 1. The van der Waals surface area contributed by atoms with Crippen molar-refractivity contribution in [1.29, 1.82) is 0 Å². The lowest BCUT2D eigenvalue weighted by Gasteiger charge is -2.18. The Morgan fingerprint density at radius 2 is 1.97 bits per heavy atom. The Morgan fingerprint density at radius 1 is 1.21 bits per heavy atom. The Hall–Kier alpha value is -1.77. The van der Waals surface area contributed by atoms with Crippen molar-refractivity contribution in [2.45, 2.75) is 38.9 Å². The van der Waals surface area contributed by atoms with E-state index in [1.54, 1.807) is 13.3 Å². The predicted octanol–water partition coefficient (Wildman–Crippen LogP) is 5.40. The number of nitrogens with zero attached hydrogens (tertiary/aromatic N) is 2. The SMILES string of the molecule is CCCCN(C)Cc1cn[nH]c1-c1cc(OCCCOC)c(Cl)c(C(F)(F)F)c1. The zero-order valence-corrected chi connectivity index (χ0v) is 17.7. The summed E-state index contributed by atoms with van der Waals surface area (Å²) in [6.45, 7) is 4.21. The lowest BCUT2D eigenvalue weighted by Crippen LogP contribution is -2.19. The molecule has 5 nitrogen and oxygen atoms in total. The first-order chi connectivity index (χ1) is 13.8. The van der Waals surface area contributed by atoms with Gasteiger partial charge in [0.25, 0.3) is 0 Å². The van der Waals surface area contributed by atoms with E-state index >= 15 is 0 Å². The standard InChI is InChI=1S/C20H27ClF3N3O2/c1-4-5-7-27(2)13-15-12-25-26-19(15)14-10-16(20(22,23)24)18(21)17(11-14)29-9-6-8-28-3/h10-12H,4-9,13H2,1-3H3,(H,25,26). The lowest BCUT2D eigenvalue weighted by molar-refractivity contribution is -0.137. The molecule has 0 saturated heterocycles. The maximum atomic E-state index is 13.5. The summed E-state index contributed by atoms with van der Waals surface area (Å²) in [4.78, 5) is 2.11. The van der Waals surface area contributed by atoms with E-state index in [4.69, 9.17) is 21.1 Å². The van der Waals surface area contributed by atoms with Gasteiger partial charge in [-0.25, -0.2) is 0 Å². The molecule has 0 aliphatic heterocycles. The molecule has 29 heavy (non-hydrogen) atoms. The van der Waals surface area contributed by atoms with E-state index in [1.807, 2.05) is 7.05 Å². The van der Waals surface area contributed by atoms with Crippen LogP contribution >= 0.6 is 11.6 Å². The van der Waals surface area contributed by atoms with Crippen molar-refractivity contribution in [3.05, 3.63) is 34.5 Å². The molecule has 0 amide bonds. The van der Waals surface area contributed by atoms with Crippen LogP contribution in [0.2, 0.25) is 5.02 Å². The molecule has 2 aromatic rings. The molecule has 0 spiro atoms. The fraction of sp³-hybridized carbons (Fsp3) is 0.550. The van der Waals surface area contributed by atoms with Crippen LogP contribution in [0.4, 0.5) is 13.2 Å². The van der Waals surface area contributed by atoms with Gasteiger partial charge in [0.2, 0.25) is 0 Å². The topological polar surface area (TPSA) is 50.4 Å². The van der Waals surface area contributed by atoms with E-state index in [0.29, 0.717) is 30.8 Å². The van der Waals surface area contributed by atoms with Crippen LogP contribution in [-0.2, 0) is 17.5 Å². The Morgan fingerprint density at radius 3 is 2.62 bits per heavy atom. The Balaban J connectivity index is 2.36. The first kappa shape index (κ1) is 23.5. The van der Waals surface area contributed by atoms with Gasteiger partial charge in [0, 0.05) is 37.8 Å². The monoisotopic (exact) mass is 433 g/mol. The molecular formula is C20H27ClF3N3O2. The number of methoxy groups -OCH3 is 1. The molecular weight excluding hydrogens is 407 g/mol. The third kappa shape index (κ3) is 6.62. The van der Waals surface area contributed by atoms with Gasteiger partial charge in [0.05, 0.1) is 29.1 Å². The second kappa shape index (κ2) is 10.8. The second-order valence-corrected chi connectivity index (χ2v) is 7.27. The number of unbranched alkanes of at least 4 members (excludes halogenated alkanes) is 1. The van der Waals surface area contributed by atoms with Gasteiger partial charge in [-0.3, -0.25) is 5.10 Å². The summed E-state index contributed by atoms with van der Waals surface area (Å²) in [5.41, 5.74) is 0.736. The van der Waals surface area contributed by atoms with Gasteiger partial charge in [0.15, 0.2) is 0 Å². The lowest BCUT2D eigenvalue weighted by atomic mass is 10.0. The quantitative estimate of drug-likeness (QED) is 0.482. The smallest absolute Gasteiger partial charge is 0.418 e. The summed E-state index contributed by atoms with van der Waals surface area (Å²) in [6.07, 6.45) is -0.314. The minimum Gasteiger partial charge on any atom is -0.492 e. The molecule has 1 aromatic heterocycles. The third-order valence-corrected chi connectivity index (χ3v) is 4.83. The highest BCUT2D eigenvalue weighted by Crippen LogP contribution is 2.42. The van der Waals surface area contributed by atoms with Gasteiger partial charge in [-0.15, -0.1) is 0 Å². The van der Waals surface area contributed by atoms with Crippen LogP contribution in [0.5, 0.6) is 5.75 Å². The molecule has 1 N–H and O–H groups in total. The summed E-state index contributed by atoms with van der Waals surface area (Å²) >= 11 is 6.01. The molecule has 0 saturated carbocycles. The summed E-state index contributed by atoms with van der Waals surface area (Å²) in [7, 11) is 3.52. The van der Waals surface area contributed by atoms with E-state index in [2.05, 4.69) is 22.0 Å². The van der Waals surface area contributed by atoms with Crippen molar-refractivity contribution < 1.29 is 22.6 Å². The normalized spacial score (nSPS) is 12.0. The zero-order valence-electron chi connectivity index (χ0n) is 16.9. The summed E-state index contributed by atoms with van der Waals surface area (Å²) in [6, 6.07) is 2.56. The minimum absolute atomic E-state index is 0.00696. The number of aromatic nitrogens is 2. The van der Waals surface area contributed by atoms with E-state index in [1.165, 1.54) is 6.07 Å². The highest BCUT2D eigenvalue weighted by atomic mass is 35.5. The number of ether oxygens (including phenoxy) is 2. The van der Waals surface area contributed by atoms with E-state index < -0.39 is 16.8 Å². The zero-order chi connectivity index (χ0) is 21.4. The Labute approximate surface area is 174 Å². The van der Waals surface area contributed by atoms with Crippen molar-refractivity contribution in [3.63, 3.8) is 0 Å². The van der Waals surface area contributed by atoms with Crippen LogP contribution < -0.4 is 4.74 Å². The number of alkyl halides is 3. The molecule has 0 fully saturated rings. The number of rotatable bonds is 11. The van der Waals surface area contributed by atoms with Crippen molar-refractivity contribution in [3.8, 4) is 17.0 Å². The van der Waals surface area contributed by atoms with Gasteiger partial charge < -0.3 is 14.4 Å². The molecule has 162 valence electrons. The van der Waals surface area contributed by atoms with Crippen molar-refractivity contribution >= 4 is 11.6 Å². The summed E-state index contributed by atoms with van der Waals surface area (Å²) in [5, 5.41) is 6.42. The highest BCUT2D eigenvalue weighted by Gasteiger charge is 2.35. The average molecular weight is 434 g/mol. The Kier molecular flexibility index (Phi) is 8.79. The summed E-state index contributed by atoms with van der Waals surface area (Å²) < 4.78 is 51.1. The molecule has 0 unspecified atom stereocenters. The molecule has 0 aliphatic carbocycles. The Bertz CT molecular complexity index is 781. The largest absolute Gasteiger partial charge is 0.492 e. The minimum atomic E-state index is -4.60.